The Hall–Kier alpha value is -2.34. The van der Waals surface area contributed by atoms with Gasteiger partial charge in [-0.3, -0.25) is 4.79 Å². The molecule has 1 atom stereocenters. The number of rotatable bonds is 5. The van der Waals surface area contributed by atoms with E-state index in [9.17, 15) is 9.59 Å². The minimum Gasteiger partial charge on any atom is -0.481 e. The van der Waals surface area contributed by atoms with Gasteiger partial charge >= 0.3 is 5.97 Å². The predicted octanol–water partition coefficient (Wildman–Crippen LogP) is 3.64. The Morgan fingerprint density at radius 3 is 2.57 bits per heavy atom. The van der Waals surface area contributed by atoms with Crippen LogP contribution in [0.4, 0.5) is 5.69 Å². The van der Waals surface area contributed by atoms with Gasteiger partial charge in [0.15, 0.2) is 6.10 Å². The normalized spacial score (nSPS) is 11.4. The van der Waals surface area contributed by atoms with Gasteiger partial charge in [-0.25, -0.2) is 4.79 Å². The zero-order chi connectivity index (χ0) is 16.8. The van der Waals surface area contributed by atoms with Gasteiger partial charge in [-0.05, 0) is 43.3 Å². The lowest BCUT2D eigenvalue weighted by Gasteiger charge is -2.15. The molecule has 0 spiro atoms. The molecule has 0 saturated carbocycles. The molecule has 0 aliphatic heterocycles. The highest BCUT2D eigenvalue weighted by molar-refractivity contribution is 9.10. The lowest BCUT2D eigenvalue weighted by Crippen LogP contribution is -2.30. The van der Waals surface area contributed by atoms with E-state index in [0.717, 1.165) is 4.47 Å². The maximum absolute atomic E-state index is 12.2. The molecule has 1 N–H and O–H groups in total. The van der Waals surface area contributed by atoms with Crippen LogP contribution in [0.3, 0.4) is 0 Å². The minimum absolute atomic E-state index is 0.286. The number of benzene rings is 2. The van der Waals surface area contributed by atoms with Gasteiger partial charge < -0.3 is 14.8 Å². The summed E-state index contributed by atoms with van der Waals surface area (Å²) >= 11 is 3.34. The van der Waals surface area contributed by atoms with Crippen LogP contribution < -0.4 is 10.1 Å². The maximum atomic E-state index is 12.2. The summed E-state index contributed by atoms with van der Waals surface area (Å²) in [5, 5.41) is 2.77. The molecule has 0 aromatic heterocycles. The van der Waals surface area contributed by atoms with E-state index in [0.29, 0.717) is 17.0 Å². The summed E-state index contributed by atoms with van der Waals surface area (Å²) in [4.78, 5) is 23.7. The molecule has 6 heteroatoms. The molecule has 1 unspecified atom stereocenters. The van der Waals surface area contributed by atoms with Crippen LogP contribution in [0.15, 0.2) is 53.0 Å². The highest BCUT2D eigenvalue weighted by Crippen LogP contribution is 2.18. The molecule has 0 heterocycles. The Labute approximate surface area is 142 Å². The van der Waals surface area contributed by atoms with Crippen LogP contribution in [0.2, 0.25) is 0 Å². The molecule has 2 rings (SSSR count). The van der Waals surface area contributed by atoms with Crippen molar-refractivity contribution in [3.63, 3.8) is 0 Å². The topological polar surface area (TPSA) is 64.6 Å². The Morgan fingerprint density at radius 2 is 1.87 bits per heavy atom. The number of anilines is 1. The molecule has 0 saturated heterocycles. The van der Waals surface area contributed by atoms with Gasteiger partial charge in [0.2, 0.25) is 0 Å². The second-order valence-electron chi connectivity index (χ2n) is 4.78. The maximum Gasteiger partial charge on any atom is 0.337 e. The van der Waals surface area contributed by atoms with E-state index in [1.54, 1.807) is 37.3 Å². The fourth-order valence-electron chi connectivity index (χ4n) is 1.88. The first kappa shape index (κ1) is 17.0. The molecular weight excluding hydrogens is 362 g/mol. The minimum atomic E-state index is -0.720. The van der Waals surface area contributed by atoms with E-state index in [2.05, 4.69) is 26.0 Å². The lowest BCUT2D eigenvalue weighted by molar-refractivity contribution is -0.122. The van der Waals surface area contributed by atoms with E-state index < -0.39 is 12.1 Å². The van der Waals surface area contributed by atoms with Crippen molar-refractivity contribution in [3.05, 3.63) is 58.6 Å². The largest absolute Gasteiger partial charge is 0.481 e. The van der Waals surface area contributed by atoms with Gasteiger partial charge in [-0.2, -0.15) is 0 Å². The van der Waals surface area contributed by atoms with Crippen molar-refractivity contribution >= 4 is 33.5 Å². The number of amides is 1. The number of carbonyl (C=O) groups excluding carboxylic acids is 2. The third-order valence-electron chi connectivity index (χ3n) is 3.03. The summed E-state index contributed by atoms with van der Waals surface area (Å²) in [5.74, 6) is -0.321. The number of halogens is 1. The first-order valence-electron chi connectivity index (χ1n) is 6.91. The molecule has 5 nitrogen and oxygen atoms in total. The van der Waals surface area contributed by atoms with Crippen LogP contribution >= 0.6 is 15.9 Å². The van der Waals surface area contributed by atoms with Crippen LogP contribution in [-0.2, 0) is 9.53 Å². The molecule has 120 valence electrons. The van der Waals surface area contributed by atoms with E-state index in [-0.39, 0.29) is 5.91 Å². The highest BCUT2D eigenvalue weighted by Gasteiger charge is 2.16. The third-order valence-corrected chi connectivity index (χ3v) is 3.52. The van der Waals surface area contributed by atoms with E-state index >= 15 is 0 Å². The summed E-state index contributed by atoms with van der Waals surface area (Å²) in [7, 11) is 1.31. The molecule has 23 heavy (non-hydrogen) atoms. The van der Waals surface area contributed by atoms with Gasteiger partial charge in [0.25, 0.3) is 5.91 Å². The third kappa shape index (κ3) is 4.82. The van der Waals surface area contributed by atoms with Gasteiger partial charge in [0.05, 0.1) is 12.7 Å². The number of ether oxygens (including phenoxy) is 2. The molecule has 2 aromatic carbocycles. The molecule has 0 radical (unpaired) electrons. The fourth-order valence-corrected chi connectivity index (χ4v) is 2.28. The average Bonchev–Trinajstić information content (AvgIpc) is 2.54. The molecule has 0 aliphatic carbocycles. The molecule has 1 amide bonds. The Morgan fingerprint density at radius 1 is 1.13 bits per heavy atom. The van der Waals surface area contributed by atoms with E-state index in [1.165, 1.54) is 13.2 Å². The van der Waals surface area contributed by atoms with Crippen molar-refractivity contribution < 1.29 is 19.1 Å². The van der Waals surface area contributed by atoms with Crippen LogP contribution in [0.1, 0.15) is 17.3 Å². The van der Waals surface area contributed by atoms with Crippen molar-refractivity contribution in [2.75, 3.05) is 12.4 Å². The number of nitrogens with one attached hydrogen (secondary N) is 1. The summed E-state index contributed by atoms with van der Waals surface area (Å²) in [6.07, 6.45) is -0.720. The molecule has 2 aromatic rings. The number of esters is 1. The number of hydrogen-bond donors (Lipinski definition) is 1. The van der Waals surface area contributed by atoms with Crippen LogP contribution in [0, 0.1) is 0 Å². The predicted molar refractivity (Wildman–Crippen MR) is 90.6 cm³/mol. The van der Waals surface area contributed by atoms with Crippen LogP contribution in [0.25, 0.3) is 0 Å². The molecular formula is C17H16BrNO4. The van der Waals surface area contributed by atoms with Crippen molar-refractivity contribution in [1.29, 1.82) is 0 Å². The van der Waals surface area contributed by atoms with Crippen LogP contribution in [0.5, 0.6) is 5.75 Å². The van der Waals surface area contributed by atoms with Crippen molar-refractivity contribution in [3.8, 4) is 5.75 Å². The van der Waals surface area contributed by atoms with Crippen molar-refractivity contribution in [1.82, 2.24) is 0 Å². The summed E-state index contributed by atoms with van der Waals surface area (Å²) in [6, 6.07) is 13.8. The fraction of sp³-hybridized carbons (Fsp3) is 0.176. The smallest absolute Gasteiger partial charge is 0.337 e. The summed E-state index contributed by atoms with van der Waals surface area (Å²) in [6.45, 7) is 1.64. The Bertz CT molecular complexity index is 717. The second-order valence-corrected chi connectivity index (χ2v) is 5.69. The molecule has 0 fully saturated rings. The summed E-state index contributed by atoms with van der Waals surface area (Å²) < 4.78 is 11.1. The van der Waals surface area contributed by atoms with Gasteiger partial charge in [-0.1, -0.05) is 28.1 Å². The molecule has 0 bridgehead atoms. The Kier molecular flexibility index (Phi) is 5.76. The monoisotopic (exact) mass is 377 g/mol. The van der Waals surface area contributed by atoms with Crippen molar-refractivity contribution in [2.45, 2.75) is 13.0 Å². The zero-order valence-electron chi connectivity index (χ0n) is 12.7. The number of methoxy groups -OCH3 is 1. The second kappa shape index (κ2) is 7.78. The van der Waals surface area contributed by atoms with Gasteiger partial charge in [0, 0.05) is 10.2 Å². The molecule has 0 aliphatic rings. The van der Waals surface area contributed by atoms with Crippen molar-refractivity contribution in [2.24, 2.45) is 0 Å². The van der Waals surface area contributed by atoms with E-state index in [1.807, 2.05) is 12.1 Å². The zero-order valence-corrected chi connectivity index (χ0v) is 14.3. The van der Waals surface area contributed by atoms with Gasteiger partial charge in [-0.15, -0.1) is 0 Å². The quantitative estimate of drug-likeness (QED) is 0.807. The first-order chi connectivity index (χ1) is 11.0. The highest BCUT2D eigenvalue weighted by atomic mass is 79.9. The number of carbonyl (C=O) groups is 2. The average molecular weight is 378 g/mol. The standard InChI is InChI=1S/C17H16BrNO4/c1-11(16(20)19-14-7-4-6-13(18)10-14)23-15-8-3-5-12(9-15)17(21)22-2/h3-11H,1-2H3,(H,19,20). The van der Waals surface area contributed by atoms with Gasteiger partial charge in [0.1, 0.15) is 5.75 Å². The lowest BCUT2D eigenvalue weighted by atomic mass is 10.2. The first-order valence-corrected chi connectivity index (χ1v) is 7.70. The van der Waals surface area contributed by atoms with E-state index in [4.69, 9.17) is 4.74 Å². The number of hydrogen-bond acceptors (Lipinski definition) is 4. The SMILES string of the molecule is COC(=O)c1cccc(OC(C)C(=O)Nc2cccc(Br)c2)c1. The summed E-state index contributed by atoms with van der Waals surface area (Å²) in [5.41, 5.74) is 1.03. The van der Waals surface area contributed by atoms with Crippen LogP contribution in [-0.4, -0.2) is 25.1 Å². The Balaban J connectivity index is 2.02.